The molecule has 0 spiro atoms. The maximum Gasteiger partial charge on any atom is 0.472 e. The van der Waals surface area contributed by atoms with E-state index in [0.29, 0.717) is 19.3 Å². The highest BCUT2D eigenvalue weighted by Gasteiger charge is 2.56. The van der Waals surface area contributed by atoms with Crippen LogP contribution in [0.4, 0.5) is 0 Å². The standard InChI is InChI=1S/C44H85O20P3S/c1-3-5-6-7-8-9-10-11-15-18-21-24-27-31-37(46)61-35(33-59-36(45)30-26-23-20-17-14-12-13-16-19-22-25-28-32-68-38(47)29-4-2)34-60-67(57,58)64-42-39(48)40(49)43(62-65(51,52)53)44(41(42)50)63-66(54,55)56/h35,39-44,48-50H,3-34H2,1-2H3,(H,57,58)(H2,51,52,53)(H2,54,55,56)/t35-,39-,40+,41?,42?,43?,44-/m1/s1. The maximum atomic E-state index is 13.1. The Kier molecular flexibility index (Phi) is 36.3. The van der Waals surface area contributed by atoms with Gasteiger partial charge in [-0.1, -0.05) is 167 Å². The molecule has 0 bridgehead atoms. The van der Waals surface area contributed by atoms with Crippen LogP contribution >= 0.6 is 35.2 Å². The first-order chi connectivity index (χ1) is 32.2. The molecule has 1 aliphatic rings. The molecule has 0 amide bonds. The van der Waals surface area contributed by atoms with Crippen LogP contribution in [-0.2, 0) is 55.6 Å². The summed E-state index contributed by atoms with van der Waals surface area (Å²) in [5.74, 6) is -0.405. The third kappa shape index (κ3) is 33.8. The zero-order chi connectivity index (χ0) is 50.9. The molecule has 4 unspecified atom stereocenters. The van der Waals surface area contributed by atoms with Gasteiger partial charge in [0, 0.05) is 25.0 Å². The Morgan fingerprint density at radius 2 is 0.868 bits per heavy atom. The summed E-state index contributed by atoms with van der Waals surface area (Å²) >= 11 is 1.45. The number of esters is 2. The summed E-state index contributed by atoms with van der Waals surface area (Å²) in [7, 11) is -16.6. The highest BCUT2D eigenvalue weighted by atomic mass is 32.2. The van der Waals surface area contributed by atoms with E-state index in [2.05, 4.69) is 16.0 Å². The lowest BCUT2D eigenvalue weighted by atomic mass is 9.85. The second kappa shape index (κ2) is 37.8. The molecule has 0 aromatic rings. The quantitative estimate of drug-likeness (QED) is 0.0161. The number of unbranched alkanes of at least 4 members (excludes halogenated alkanes) is 23. The van der Waals surface area contributed by atoms with E-state index in [1.54, 1.807) is 0 Å². The number of carbonyl (C=O) groups is 3. The molecule has 402 valence electrons. The third-order valence-electron chi connectivity index (χ3n) is 11.4. The number of carbonyl (C=O) groups excluding carboxylic acids is 3. The van der Waals surface area contributed by atoms with E-state index in [1.165, 1.54) is 82.4 Å². The van der Waals surface area contributed by atoms with Crippen molar-refractivity contribution >= 4 is 52.3 Å². The summed E-state index contributed by atoms with van der Waals surface area (Å²) in [6.07, 6.45) is 11.9. The predicted molar refractivity (Wildman–Crippen MR) is 256 cm³/mol. The summed E-state index contributed by atoms with van der Waals surface area (Å²) in [5.41, 5.74) is 0. The van der Waals surface area contributed by atoms with Crippen LogP contribution < -0.4 is 0 Å². The molecule has 20 nitrogen and oxygen atoms in total. The lowest BCUT2D eigenvalue weighted by Gasteiger charge is -2.44. The molecule has 8 atom stereocenters. The highest BCUT2D eigenvalue weighted by molar-refractivity contribution is 8.13. The van der Waals surface area contributed by atoms with Gasteiger partial charge in [-0.25, -0.2) is 13.7 Å². The molecule has 1 aliphatic carbocycles. The molecule has 68 heavy (non-hydrogen) atoms. The maximum absolute atomic E-state index is 13.1. The second-order valence-corrected chi connectivity index (χ2v) is 22.6. The summed E-state index contributed by atoms with van der Waals surface area (Å²) in [6.45, 7) is 2.72. The molecule has 8 N–H and O–H groups in total. The van der Waals surface area contributed by atoms with Crippen LogP contribution in [-0.4, -0.2) is 119 Å². The number of thioether (sulfide) groups is 1. The number of ether oxygens (including phenoxy) is 2. The monoisotopic (exact) mass is 1060 g/mol. The number of phosphoric acid groups is 3. The van der Waals surface area contributed by atoms with Gasteiger partial charge in [0.05, 0.1) is 6.61 Å². The van der Waals surface area contributed by atoms with E-state index in [4.69, 9.17) is 18.5 Å². The SMILES string of the molecule is CCCCCCCCCCCCCCCC(=O)O[C@H](COC(=O)CCCCCCCCCCCCCCSC(=O)CCC)COP(=O)(O)OC1C(O)[C@@H](OP(=O)(O)O)C(OP(=O)(O)O)[C@@H](O)[C@H]1O. The Labute approximate surface area is 408 Å². The van der Waals surface area contributed by atoms with E-state index < -0.39 is 91.3 Å². The van der Waals surface area contributed by atoms with Gasteiger partial charge in [0.25, 0.3) is 0 Å². The van der Waals surface area contributed by atoms with E-state index in [9.17, 15) is 67.9 Å². The lowest BCUT2D eigenvalue weighted by Crippen LogP contribution is -2.65. The molecule has 1 fully saturated rings. The van der Waals surface area contributed by atoms with Crippen molar-refractivity contribution in [3.05, 3.63) is 0 Å². The van der Waals surface area contributed by atoms with Gasteiger partial charge in [-0.3, -0.25) is 32.5 Å². The van der Waals surface area contributed by atoms with Crippen molar-refractivity contribution in [2.24, 2.45) is 0 Å². The molecular formula is C44H85O20P3S. The Morgan fingerprint density at radius 3 is 1.31 bits per heavy atom. The Hall–Kier alpha value is -0.830. The average Bonchev–Trinajstić information content (AvgIpc) is 3.26. The van der Waals surface area contributed by atoms with Gasteiger partial charge < -0.3 is 49.3 Å². The van der Waals surface area contributed by atoms with Gasteiger partial charge in [0.2, 0.25) is 0 Å². The molecule has 24 heteroatoms. The number of aliphatic hydroxyl groups excluding tert-OH is 3. The first-order valence-corrected chi connectivity index (χ1v) is 30.4. The first kappa shape index (κ1) is 65.2. The first-order valence-electron chi connectivity index (χ1n) is 24.9. The van der Waals surface area contributed by atoms with Crippen LogP contribution in [0, 0.1) is 0 Å². The molecule has 0 heterocycles. The minimum atomic E-state index is -5.60. The fourth-order valence-corrected chi connectivity index (χ4v) is 10.7. The number of aliphatic hydroxyl groups is 3. The Morgan fingerprint density at radius 1 is 0.471 bits per heavy atom. The molecule has 1 saturated carbocycles. The fourth-order valence-electron chi connectivity index (χ4n) is 7.72. The van der Waals surface area contributed by atoms with Crippen molar-refractivity contribution in [2.75, 3.05) is 19.0 Å². The van der Waals surface area contributed by atoms with Gasteiger partial charge in [0.15, 0.2) is 11.2 Å². The number of phosphoric ester groups is 3. The van der Waals surface area contributed by atoms with Gasteiger partial charge in [-0.15, -0.1) is 0 Å². The number of hydrogen-bond acceptors (Lipinski definition) is 16. The van der Waals surface area contributed by atoms with E-state index >= 15 is 0 Å². The molecule has 1 rings (SSSR count). The van der Waals surface area contributed by atoms with Crippen molar-refractivity contribution in [3.8, 4) is 0 Å². The van der Waals surface area contributed by atoms with Gasteiger partial charge in [0.1, 0.15) is 43.2 Å². The smallest absolute Gasteiger partial charge is 0.462 e. The Bertz CT molecular complexity index is 1500. The predicted octanol–water partition coefficient (Wildman–Crippen LogP) is 8.61. The minimum absolute atomic E-state index is 0.00470. The van der Waals surface area contributed by atoms with Gasteiger partial charge in [-0.2, -0.15) is 0 Å². The normalized spacial score (nSPS) is 21.3. The topological polar surface area (TPSA) is 320 Å². The summed E-state index contributed by atoms with van der Waals surface area (Å²) < 4.78 is 65.5. The fraction of sp³-hybridized carbons (Fsp3) is 0.932. The lowest BCUT2D eigenvalue weighted by molar-refractivity contribution is -0.213. The highest BCUT2D eigenvalue weighted by Crippen LogP contribution is 2.51. The molecule has 0 aliphatic heterocycles. The van der Waals surface area contributed by atoms with Crippen LogP contribution in [0.25, 0.3) is 0 Å². The van der Waals surface area contributed by atoms with E-state index in [-0.39, 0.29) is 18.0 Å². The third-order valence-corrected chi connectivity index (χ3v) is 14.5. The minimum Gasteiger partial charge on any atom is -0.462 e. The number of hydrogen-bond donors (Lipinski definition) is 8. The summed E-state index contributed by atoms with van der Waals surface area (Å²) in [5, 5.41) is 32.2. The average molecular weight is 1060 g/mol. The molecule has 0 saturated heterocycles. The van der Waals surface area contributed by atoms with Crippen LogP contribution in [0.15, 0.2) is 0 Å². The van der Waals surface area contributed by atoms with Crippen molar-refractivity contribution in [2.45, 2.75) is 243 Å². The van der Waals surface area contributed by atoms with Crippen molar-refractivity contribution < 1.29 is 95.4 Å². The van der Waals surface area contributed by atoms with Crippen LogP contribution in [0.2, 0.25) is 0 Å². The van der Waals surface area contributed by atoms with Crippen LogP contribution in [0.3, 0.4) is 0 Å². The van der Waals surface area contributed by atoms with Gasteiger partial charge in [-0.05, 0) is 25.7 Å². The van der Waals surface area contributed by atoms with Crippen molar-refractivity contribution in [3.63, 3.8) is 0 Å². The summed E-state index contributed by atoms with van der Waals surface area (Å²) in [4.78, 5) is 84.8. The van der Waals surface area contributed by atoms with E-state index in [1.807, 2.05) is 6.92 Å². The number of rotatable bonds is 43. The largest absolute Gasteiger partial charge is 0.472 e. The van der Waals surface area contributed by atoms with E-state index in [0.717, 1.165) is 89.2 Å². The Balaban J connectivity index is 2.67. The molecule has 0 aromatic heterocycles. The zero-order valence-corrected chi connectivity index (χ0v) is 43.9. The van der Waals surface area contributed by atoms with Crippen LogP contribution in [0.1, 0.15) is 200 Å². The van der Waals surface area contributed by atoms with Gasteiger partial charge >= 0.3 is 35.4 Å². The van der Waals surface area contributed by atoms with Crippen molar-refractivity contribution in [1.29, 1.82) is 0 Å². The second-order valence-electron chi connectivity index (χ2n) is 17.7. The molecule has 0 radical (unpaired) electrons. The summed E-state index contributed by atoms with van der Waals surface area (Å²) in [6, 6.07) is 0. The van der Waals surface area contributed by atoms with Crippen molar-refractivity contribution in [1.82, 2.24) is 0 Å². The van der Waals surface area contributed by atoms with Crippen LogP contribution in [0.5, 0.6) is 0 Å². The molecular weight excluding hydrogens is 973 g/mol. The zero-order valence-electron chi connectivity index (χ0n) is 40.4. The molecule has 0 aromatic carbocycles.